The topological polar surface area (TPSA) is 175 Å². The summed E-state index contributed by atoms with van der Waals surface area (Å²) in [4.78, 5) is 70.9. The molecule has 0 heterocycles. The minimum absolute atomic E-state index is 0.00463. The summed E-state index contributed by atoms with van der Waals surface area (Å²) in [6, 6.07) is -2.53. The summed E-state index contributed by atoms with van der Waals surface area (Å²) in [5.41, 5.74) is 0. The minimum atomic E-state index is -0.896. The second kappa shape index (κ2) is 19.3. The standard InChI is InChI=1S/C21H39N5O5S.C3H7NO/c1-11(2)16(19(29)23-10-22-15(28)9-32-8)25-21(31)18(13(5)6)26-20(30)17(12(3)4)24-14(7)27;1-3(5)4-2/h11-13,16-18H,9-10H2,1-8H3,(H,22,28)(H,23,29)(H,24,27)(H,25,31)(H,26,30);1-2H3,(H,4,5). The molecule has 0 aromatic rings. The number of carbonyl (C=O) groups is 6. The second-order valence-electron chi connectivity index (χ2n) is 9.44. The van der Waals surface area contributed by atoms with E-state index in [1.165, 1.54) is 25.6 Å². The molecule has 12 nitrogen and oxygen atoms in total. The number of nitrogens with one attached hydrogen (secondary N) is 6. The van der Waals surface area contributed by atoms with E-state index in [2.05, 4.69) is 31.9 Å². The summed E-state index contributed by atoms with van der Waals surface area (Å²) < 4.78 is 0. The maximum Gasteiger partial charge on any atom is 0.244 e. The lowest BCUT2D eigenvalue weighted by molar-refractivity contribution is -0.135. The highest BCUT2D eigenvalue weighted by Crippen LogP contribution is 2.09. The molecular formula is C24H46N6O6S. The van der Waals surface area contributed by atoms with Crippen LogP contribution < -0.4 is 31.9 Å². The van der Waals surface area contributed by atoms with Gasteiger partial charge in [0.2, 0.25) is 35.4 Å². The number of carbonyl (C=O) groups excluding carboxylic acids is 6. The van der Waals surface area contributed by atoms with Gasteiger partial charge in [0, 0.05) is 20.9 Å². The fraction of sp³-hybridized carbons (Fsp3) is 0.750. The van der Waals surface area contributed by atoms with Gasteiger partial charge < -0.3 is 31.9 Å². The summed E-state index contributed by atoms with van der Waals surface area (Å²) in [5, 5.41) is 15.6. The third-order valence-corrected chi connectivity index (χ3v) is 5.53. The molecule has 0 aliphatic heterocycles. The summed E-state index contributed by atoms with van der Waals surface area (Å²) in [6.45, 7) is 13.5. The van der Waals surface area contributed by atoms with E-state index in [1.807, 2.05) is 0 Å². The maximum absolute atomic E-state index is 13.0. The first-order valence-corrected chi connectivity index (χ1v) is 13.6. The van der Waals surface area contributed by atoms with Crippen LogP contribution in [0.4, 0.5) is 0 Å². The average Bonchev–Trinajstić information content (AvgIpc) is 2.78. The first kappa shape index (κ1) is 36.3. The Labute approximate surface area is 225 Å². The fourth-order valence-corrected chi connectivity index (χ4v) is 3.20. The smallest absolute Gasteiger partial charge is 0.244 e. The number of thioether (sulfide) groups is 1. The highest BCUT2D eigenvalue weighted by Gasteiger charge is 2.32. The Morgan fingerprint density at radius 1 is 0.622 bits per heavy atom. The molecule has 0 aromatic heterocycles. The number of amides is 6. The van der Waals surface area contributed by atoms with Gasteiger partial charge in [0.25, 0.3) is 0 Å². The first-order chi connectivity index (χ1) is 17.1. The predicted octanol–water partition coefficient (Wildman–Crippen LogP) is -0.266. The summed E-state index contributed by atoms with van der Waals surface area (Å²) in [5.74, 6) is -2.33. The van der Waals surface area contributed by atoms with Crippen molar-refractivity contribution in [1.29, 1.82) is 0 Å². The van der Waals surface area contributed by atoms with Crippen molar-refractivity contribution in [1.82, 2.24) is 31.9 Å². The van der Waals surface area contributed by atoms with Crippen LogP contribution in [0, 0.1) is 17.8 Å². The molecule has 3 atom stereocenters. The van der Waals surface area contributed by atoms with Gasteiger partial charge in [0.05, 0.1) is 12.4 Å². The molecule has 0 spiro atoms. The molecule has 3 unspecified atom stereocenters. The third-order valence-electron chi connectivity index (χ3n) is 4.98. The highest BCUT2D eigenvalue weighted by atomic mass is 32.2. The van der Waals surface area contributed by atoms with Gasteiger partial charge in [-0.3, -0.25) is 28.8 Å². The van der Waals surface area contributed by atoms with Crippen molar-refractivity contribution >= 4 is 47.2 Å². The second-order valence-corrected chi connectivity index (χ2v) is 10.3. The van der Waals surface area contributed by atoms with E-state index in [9.17, 15) is 28.8 Å². The van der Waals surface area contributed by atoms with Crippen LogP contribution in [0.2, 0.25) is 0 Å². The van der Waals surface area contributed by atoms with E-state index in [4.69, 9.17) is 0 Å². The van der Waals surface area contributed by atoms with Gasteiger partial charge in [-0.25, -0.2) is 0 Å². The number of rotatable bonds is 13. The molecule has 0 rings (SSSR count). The molecule has 0 saturated heterocycles. The lowest BCUT2D eigenvalue weighted by Crippen LogP contribution is -2.60. The quantitative estimate of drug-likeness (QED) is 0.172. The Bertz CT molecular complexity index is 775. The lowest BCUT2D eigenvalue weighted by atomic mass is 9.98. The lowest BCUT2D eigenvalue weighted by Gasteiger charge is -2.29. The Morgan fingerprint density at radius 3 is 1.32 bits per heavy atom. The van der Waals surface area contributed by atoms with Gasteiger partial charge in [0.15, 0.2) is 0 Å². The van der Waals surface area contributed by atoms with Crippen LogP contribution in [-0.2, 0) is 28.8 Å². The average molecular weight is 547 g/mol. The van der Waals surface area contributed by atoms with E-state index in [0.29, 0.717) is 0 Å². The van der Waals surface area contributed by atoms with Crippen molar-refractivity contribution in [2.24, 2.45) is 17.8 Å². The van der Waals surface area contributed by atoms with E-state index in [-0.39, 0.29) is 47.9 Å². The fourth-order valence-electron chi connectivity index (χ4n) is 2.83. The van der Waals surface area contributed by atoms with Gasteiger partial charge in [-0.2, -0.15) is 11.8 Å². The van der Waals surface area contributed by atoms with Crippen molar-refractivity contribution in [2.45, 2.75) is 73.5 Å². The van der Waals surface area contributed by atoms with E-state index in [0.717, 1.165) is 0 Å². The summed E-state index contributed by atoms with van der Waals surface area (Å²) >= 11 is 1.37. The van der Waals surface area contributed by atoms with Crippen LogP contribution >= 0.6 is 11.8 Å². The van der Waals surface area contributed by atoms with E-state index < -0.39 is 35.8 Å². The normalized spacial score (nSPS) is 12.9. The molecule has 0 saturated carbocycles. The van der Waals surface area contributed by atoms with Crippen LogP contribution in [0.3, 0.4) is 0 Å². The van der Waals surface area contributed by atoms with Crippen LogP contribution in [0.15, 0.2) is 0 Å². The SMILES string of the molecule is CNC(C)=O.CSCC(=O)NCNC(=O)C(NC(=O)C(NC(=O)C(NC(C)=O)C(C)C)C(C)C)C(C)C. The molecule has 0 radical (unpaired) electrons. The highest BCUT2D eigenvalue weighted by molar-refractivity contribution is 7.99. The Balaban J connectivity index is 0. The summed E-state index contributed by atoms with van der Waals surface area (Å²) in [6.07, 6.45) is 1.80. The van der Waals surface area contributed by atoms with E-state index >= 15 is 0 Å². The molecule has 37 heavy (non-hydrogen) atoms. The van der Waals surface area contributed by atoms with Gasteiger partial charge >= 0.3 is 0 Å². The number of hydrogen-bond acceptors (Lipinski definition) is 7. The number of hydrogen-bond donors (Lipinski definition) is 6. The van der Waals surface area contributed by atoms with Crippen LogP contribution in [0.5, 0.6) is 0 Å². The van der Waals surface area contributed by atoms with Crippen molar-refractivity contribution in [2.75, 3.05) is 25.7 Å². The zero-order chi connectivity index (χ0) is 29.3. The van der Waals surface area contributed by atoms with Crippen LogP contribution in [-0.4, -0.2) is 79.3 Å². The molecule has 0 fully saturated rings. The molecule has 0 aliphatic rings. The molecule has 6 N–H and O–H groups in total. The van der Waals surface area contributed by atoms with Crippen molar-refractivity contribution < 1.29 is 28.8 Å². The zero-order valence-electron chi connectivity index (χ0n) is 23.7. The van der Waals surface area contributed by atoms with Gasteiger partial charge in [-0.05, 0) is 24.0 Å². The van der Waals surface area contributed by atoms with Crippen LogP contribution in [0.25, 0.3) is 0 Å². The Kier molecular flexibility index (Phi) is 19.0. The van der Waals surface area contributed by atoms with Gasteiger partial charge in [-0.15, -0.1) is 0 Å². The van der Waals surface area contributed by atoms with Crippen molar-refractivity contribution in [3.63, 3.8) is 0 Å². The molecule has 13 heteroatoms. The third kappa shape index (κ3) is 16.5. The van der Waals surface area contributed by atoms with Gasteiger partial charge in [-0.1, -0.05) is 41.5 Å². The summed E-state index contributed by atoms with van der Waals surface area (Å²) in [7, 11) is 1.60. The molecule has 6 amide bonds. The predicted molar refractivity (Wildman–Crippen MR) is 145 cm³/mol. The van der Waals surface area contributed by atoms with Crippen molar-refractivity contribution in [3.05, 3.63) is 0 Å². The molecular weight excluding hydrogens is 500 g/mol. The zero-order valence-corrected chi connectivity index (χ0v) is 24.6. The first-order valence-electron chi connectivity index (χ1n) is 12.2. The molecule has 0 bridgehead atoms. The minimum Gasteiger partial charge on any atom is -0.359 e. The Morgan fingerprint density at radius 2 is 1.00 bits per heavy atom. The molecule has 0 aromatic carbocycles. The Hall–Kier alpha value is -2.83. The maximum atomic E-state index is 13.0. The largest absolute Gasteiger partial charge is 0.359 e. The monoisotopic (exact) mass is 546 g/mol. The molecule has 0 aliphatic carbocycles. The molecule has 214 valence electrons. The van der Waals surface area contributed by atoms with Crippen LogP contribution in [0.1, 0.15) is 55.4 Å². The van der Waals surface area contributed by atoms with Gasteiger partial charge in [0.1, 0.15) is 18.1 Å². The van der Waals surface area contributed by atoms with Crippen molar-refractivity contribution in [3.8, 4) is 0 Å². The van der Waals surface area contributed by atoms with E-state index in [1.54, 1.807) is 54.8 Å².